The first-order valence-corrected chi connectivity index (χ1v) is 9.84. The van der Waals surface area contributed by atoms with Crippen LogP contribution in [-0.2, 0) is 27.9 Å². The molecule has 0 N–H and O–H groups in total. The Morgan fingerprint density at radius 3 is 2.00 bits per heavy atom. The minimum Gasteiger partial charge on any atom is -0.457 e. The summed E-state index contributed by atoms with van der Waals surface area (Å²) in [6, 6.07) is 0. The smallest absolute Gasteiger partial charge is 0.377 e. The molecule has 1 heterocycles. The van der Waals surface area contributed by atoms with Crippen LogP contribution in [0.25, 0.3) is 0 Å². The number of piperidine rings is 1. The van der Waals surface area contributed by atoms with E-state index in [4.69, 9.17) is 13.8 Å². The van der Waals surface area contributed by atoms with Crippen LogP contribution in [0.1, 0.15) is 47.0 Å². The van der Waals surface area contributed by atoms with E-state index in [1.165, 1.54) is 0 Å². The molecule has 23 heavy (non-hydrogen) atoms. The van der Waals surface area contributed by atoms with Gasteiger partial charge in [-0.3, -0.25) is 14.3 Å². The van der Waals surface area contributed by atoms with Gasteiger partial charge in [-0.05, 0) is 53.6 Å². The van der Waals surface area contributed by atoms with Crippen molar-refractivity contribution < 1.29 is 27.9 Å². The molecule has 0 saturated carbocycles. The lowest BCUT2D eigenvalue weighted by Crippen LogP contribution is -2.47. The Hall–Kier alpha value is -0.750. The monoisotopic (exact) mass is 349 g/mol. The zero-order valence-electron chi connectivity index (χ0n) is 14.4. The summed E-state index contributed by atoms with van der Waals surface area (Å²) in [6.07, 6.45) is 2.37. The zero-order chi connectivity index (χ0) is 17.5. The number of likely N-dealkylation sites (tertiary alicyclic amines) is 1. The number of rotatable bonds is 9. The lowest BCUT2D eigenvalue weighted by Gasteiger charge is -2.36. The second-order valence-corrected chi connectivity index (χ2v) is 7.75. The average Bonchev–Trinajstić information content (AvgIpc) is 2.48. The fourth-order valence-electron chi connectivity index (χ4n) is 2.59. The molecule has 8 heteroatoms. The number of hydrogen-bond acceptors (Lipinski definition) is 7. The van der Waals surface area contributed by atoms with Crippen LogP contribution < -0.4 is 0 Å². The summed E-state index contributed by atoms with van der Waals surface area (Å²) in [5.74, 6) is -3.07. The molecule has 1 rings (SSSR count). The minimum atomic E-state index is -3.78. The summed E-state index contributed by atoms with van der Waals surface area (Å²) < 4.78 is 28.8. The van der Waals surface area contributed by atoms with Crippen LogP contribution in [0.5, 0.6) is 0 Å². The van der Waals surface area contributed by atoms with E-state index in [-0.39, 0.29) is 13.2 Å². The Kier molecular flexibility index (Phi) is 8.40. The van der Waals surface area contributed by atoms with Crippen molar-refractivity contribution in [3.63, 3.8) is 0 Å². The molecule has 0 spiro atoms. The van der Waals surface area contributed by atoms with Gasteiger partial charge in [0.1, 0.15) is 0 Å². The van der Waals surface area contributed by atoms with Crippen molar-refractivity contribution in [1.29, 1.82) is 0 Å². The van der Waals surface area contributed by atoms with Gasteiger partial charge in [-0.2, -0.15) is 0 Å². The minimum absolute atomic E-state index is 0.133. The van der Waals surface area contributed by atoms with Crippen molar-refractivity contribution in [1.82, 2.24) is 4.90 Å². The van der Waals surface area contributed by atoms with Gasteiger partial charge in [-0.25, -0.2) is 4.79 Å². The molecule has 0 aromatic rings. The summed E-state index contributed by atoms with van der Waals surface area (Å²) in [4.78, 5) is 26.4. The van der Waals surface area contributed by atoms with Crippen molar-refractivity contribution in [2.24, 2.45) is 0 Å². The van der Waals surface area contributed by atoms with E-state index in [1.54, 1.807) is 32.6 Å². The molecule has 7 nitrogen and oxygen atoms in total. The fraction of sp³-hybridized carbons (Fsp3) is 0.867. The van der Waals surface area contributed by atoms with E-state index >= 15 is 0 Å². The first-order chi connectivity index (χ1) is 10.9. The SMILES string of the molecule is CCOP(=O)(OCC)C(C(=O)C(=O)OC(C)C)N1CCCCC1. The molecule has 0 radical (unpaired) electrons. The molecule has 1 aliphatic heterocycles. The lowest BCUT2D eigenvalue weighted by atomic mass is 10.1. The topological polar surface area (TPSA) is 82.1 Å². The molecule has 1 fully saturated rings. The maximum atomic E-state index is 13.1. The van der Waals surface area contributed by atoms with E-state index in [2.05, 4.69) is 0 Å². The highest BCUT2D eigenvalue weighted by atomic mass is 31.2. The Bertz CT molecular complexity index is 437. The van der Waals surface area contributed by atoms with Crippen LogP contribution in [0.3, 0.4) is 0 Å². The summed E-state index contributed by atoms with van der Waals surface area (Å²) in [5.41, 5.74) is 0. The third-order valence-corrected chi connectivity index (χ3v) is 5.83. The van der Waals surface area contributed by atoms with Gasteiger partial charge < -0.3 is 13.8 Å². The molecule has 0 aromatic carbocycles. The standard InChI is InChI=1S/C15H28NO6P/c1-5-20-23(19,21-6-2)14(16-10-8-7-9-11-16)13(17)15(18)22-12(3)4/h12,14H,5-11H2,1-4H3. The third kappa shape index (κ3) is 5.68. The summed E-state index contributed by atoms with van der Waals surface area (Å²) in [5, 5.41) is 0. The molecule has 134 valence electrons. The largest absolute Gasteiger partial charge is 0.457 e. The Labute approximate surface area is 138 Å². The molecule has 0 bridgehead atoms. The third-order valence-electron chi connectivity index (χ3n) is 3.43. The summed E-state index contributed by atoms with van der Waals surface area (Å²) >= 11 is 0. The van der Waals surface area contributed by atoms with Gasteiger partial charge in [0.05, 0.1) is 19.3 Å². The van der Waals surface area contributed by atoms with Crippen molar-refractivity contribution in [2.75, 3.05) is 26.3 Å². The quantitative estimate of drug-likeness (QED) is 0.359. The molecular weight excluding hydrogens is 321 g/mol. The molecule has 1 aliphatic rings. The molecule has 1 saturated heterocycles. The molecule has 0 amide bonds. The van der Waals surface area contributed by atoms with E-state index in [0.29, 0.717) is 13.1 Å². The lowest BCUT2D eigenvalue weighted by molar-refractivity contribution is -0.158. The first-order valence-electron chi connectivity index (χ1n) is 8.23. The Balaban J connectivity index is 3.11. The zero-order valence-corrected chi connectivity index (χ0v) is 15.3. The predicted octanol–water partition coefficient (Wildman–Crippen LogP) is 2.59. The van der Waals surface area contributed by atoms with Crippen LogP contribution >= 0.6 is 7.60 Å². The Morgan fingerprint density at radius 1 is 1.04 bits per heavy atom. The van der Waals surface area contributed by atoms with Crippen LogP contribution in [0.4, 0.5) is 0 Å². The maximum Gasteiger partial charge on any atom is 0.377 e. The number of Topliss-reactive ketones (excluding diaryl/α,β-unsaturated/α-hetero) is 1. The average molecular weight is 349 g/mol. The number of carbonyl (C=O) groups is 2. The normalized spacial score (nSPS) is 18.0. The van der Waals surface area contributed by atoms with E-state index < -0.39 is 31.2 Å². The highest BCUT2D eigenvalue weighted by Crippen LogP contribution is 2.55. The highest BCUT2D eigenvalue weighted by molar-refractivity contribution is 7.56. The van der Waals surface area contributed by atoms with Gasteiger partial charge in [0.2, 0.25) is 0 Å². The number of nitrogens with zero attached hydrogens (tertiary/aromatic N) is 1. The predicted molar refractivity (Wildman–Crippen MR) is 86.3 cm³/mol. The molecule has 0 aromatic heterocycles. The van der Waals surface area contributed by atoms with E-state index in [1.807, 2.05) is 0 Å². The van der Waals surface area contributed by atoms with Crippen molar-refractivity contribution >= 4 is 19.3 Å². The molecule has 1 unspecified atom stereocenters. The van der Waals surface area contributed by atoms with Crippen LogP contribution in [0, 0.1) is 0 Å². The number of carbonyl (C=O) groups excluding carboxylic acids is 2. The number of ketones is 1. The Morgan fingerprint density at radius 2 is 1.57 bits per heavy atom. The second kappa shape index (κ2) is 9.52. The van der Waals surface area contributed by atoms with Crippen LogP contribution in [-0.4, -0.2) is 54.8 Å². The van der Waals surface area contributed by atoms with Crippen molar-refractivity contribution in [3.8, 4) is 0 Å². The molecular formula is C15H28NO6P. The van der Waals surface area contributed by atoms with Gasteiger partial charge in [0, 0.05) is 0 Å². The van der Waals surface area contributed by atoms with Crippen LogP contribution in [0.2, 0.25) is 0 Å². The number of hydrogen-bond donors (Lipinski definition) is 0. The number of esters is 1. The molecule has 0 aliphatic carbocycles. The summed E-state index contributed by atoms with van der Waals surface area (Å²) in [6.45, 7) is 8.09. The van der Waals surface area contributed by atoms with Gasteiger partial charge in [0.15, 0.2) is 5.78 Å². The van der Waals surface area contributed by atoms with E-state index in [0.717, 1.165) is 19.3 Å². The van der Waals surface area contributed by atoms with Crippen LogP contribution in [0.15, 0.2) is 0 Å². The molecule has 1 atom stereocenters. The van der Waals surface area contributed by atoms with Gasteiger partial charge in [-0.1, -0.05) is 6.42 Å². The first kappa shape index (κ1) is 20.3. The van der Waals surface area contributed by atoms with E-state index in [9.17, 15) is 14.2 Å². The second-order valence-electron chi connectivity index (χ2n) is 5.66. The highest BCUT2D eigenvalue weighted by Gasteiger charge is 2.48. The van der Waals surface area contributed by atoms with Gasteiger partial charge >= 0.3 is 13.6 Å². The van der Waals surface area contributed by atoms with Gasteiger partial charge in [-0.15, -0.1) is 0 Å². The fourth-order valence-corrected chi connectivity index (χ4v) is 4.69. The van der Waals surface area contributed by atoms with Crippen molar-refractivity contribution in [2.45, 2.75) is 58.8 Å². The van der Waals surface area contributed by atoms with Gasteiger partial charge in [0.25, 0.3) is 5.78 Å². The maximum absolute atomic E-state index is 13.1. The van der Waals surface area contributed by atoms with Crippen molar-refractivity contribution in [3.05, 3.63) is 0 Å². The number of ether oxygens (including phenoxy) is 1. The summed E-state index contributed by atoms with van der Waals surface area (Å²) in [7, 11) is -3.78.